The van der Waals surface area contributed by atoms with E-state index in [2.05, 4.69) is 9.97 Å². The van der Waals surface area contributed by atoms with Crippen molar-refractivity contribution in [3.8, 4) is 6.07 Å². The normalized spacial score (nSPS) is 11.8. The third-order valence-electron chi connectivity index (χ3n) is 4.52. The molecule has 9 nitrogen and oxygen atoms in total. The molecule has 0 saturated heterocycles. The van der Waals surface area contributed by atoms with Crippen LogP contribution in [0.15, 0.2) is 34.1 Å². The number of fused-ring (bicyclic) bond motifs is 3. The molecular weight excluding hydrogens is 396 g/mol. The molecule has 1 aromatic carbocycles. The van der Waals surface area contributed by atoms with Gasteiger partial charge in [-0.2, -0.15) is 9.57 Å². The van der Waals surface area contributed by atoms with Crippen LogP contribution in [-0.2, 0) is 14.8 Å². The smallest absolute Gasteiger partial charge is 0.340 e. The number of sulfonamides is 1. The highest BCUT2D eigenvalue weighted by molar-refractivity contribution is 7.89. The summed E-state index contributed by atoms with van der Waals surface area (Å²) in [6.07, 6.45) is 2.09. The molecule has 0 radical (unpaired) electrons. The number of hydrogen-bond acceptors (Lipinski definition) is 6. The number of esters is 1. The van der Waals surface area contributed by atoms with Gasteiger partial charge in [-0.1, -0.05) is 6.92 Å². The first-order chi connectivity index (χ1) is 13.8. The van der Waals surface area contributed by atoms with Crippen LogP contribution in [0.5, 0.6) is 0 Å². The van der Waals surface area contributed by atoms with E-state index >= 15 is 0 Å². The van der Waals surface area contributed by atoms with Crippen molar-refractivity contribution in [1.82, 2.24) is 14.3 Å². The second-order valence-corrected chi connectivity index (χ2v) is 8.53. The van der Waals surface area contributed by atoms with Crippen LogP contribution in [0.1, 0.15) is 30.1 Å². The van der Waals surface area contributed by atoms with E-state index in [9.17, 15) is 18.0 Å². The number of hydrogen-bond donors (Lipinski definition) is 2. The number of aromatic nitrogens is 2. The van der Waals surface area contributed by atoms with Gasteiger partial charge in [-0.25, -0.2) is 13.2 Å². The summed E-state index contributed by atoms with van der Waals surface area (Å²) in [6, 6.07) is 6.19. The zero-order chi connectivity index (χ0) is 21.2. The zero-order valence-electron chi connectivity index (χ0n) is 16.0. The number of carbonyl (C=O) groups is 1. The van der Waals surface area contributed by atoms with Crippen molar-refractivity contribution >= 4 is 37.8 Å². The molecule has 3 aromatic rings. The Labute approximate surface area is 166 Å². The Hall–Kier alpha value is -3.16. The van der Waals surface area contributed by atoms with Crippen molar-refractivity contribution in [1.29, 1.82) is 5.26 Å². The molecule has 152 valence electrons. The summed E-state index contributed by atoms with van der Waals surface area (Å²) >= 11 is 0. The quantitative estimate of drug-likeness (QED) is 0.566. The Balaban J connectivity index is 2.21. The lowest BCUT2D eigenvalue weighted by atomic mass is 10.1. The van der Waals surface area contributed by atoms with Gasteiger partial charge < -0.3 is 14.7 Å². The van der Waals surface area contributed by atoms with Gasteiger partial charge in [-0.15, -0.1) is 0 Å². The van der Waals surface area contributed by atoms with E-state index < -0.39 is 21.6 Å². The average Bonchev–Trinajstić information content (AvgIpc) is 3.16. The predicted octanol–water partition coefficient (Wildman–Crippen LogP) is 2.11. The highest BCUT2D eigenvalue weighted by Crippen LogP contribution is 2.28. The molecule has 0 bridgehead atoms. The second kappa shape index (κ2) is 8.06. The summed E-state index contributed by atoms with van der Waals surface area (Å²) < 4.78 is 31.9. The maximum Gasteiger partial charge on any atom is 0.340 e. The number of rotatable bonds is 7. The minimum absolute atomic E-state index is 0.00661. The highest BCUT2D eigenvalue weighted by atomic mass is 32.2. The molecule has 2 aromatic heterocycles. The molecule has 0 spiro atoms. The van der Waals surface area contributed by atoms with Crippen LogP contribution in [0.2, 0.25) is 0 Å². The minimum atomic E-state index is -3.85. The van der Waals surface area contributed by atoms with Crippen molar-refractivity contribution < 1.29 is 17.9 Å². The highest BCUT2D eigenvalue weighted by Gasteiger charge is 2.23. The van der Waals surface area contributed by atoms with Crippen LogP contribution in [-0.4, -0.2) is 48.9 Å². The summed E-state index contributed by atoms with van der Waals surface area (Å²) in [6.45, 7) is 2.15. The van der Waals surface area contributed by atoms with Crippen molar-refractivity contribution in [3.63, 3.8) is 0 Å². The molecule has 0 aliphatic heterocycles. The fraction of sp³-hybridized carbons (Fsp3) is 0.316. The van der Waals surface area contributed by atoms with Gasteiger partial charge in [0.2, 0.25) is 10.0 Å². The van der Waals surface area contributed by atoms with E-state index in [-0.39, 0.29) is 35.5 Å². The Kier molecular flexibility index (Phi) is 5.72. The van der Waals surface area contributed by atoms with Gasteiger partial charge in [-0.3, -0.25) is 4.79 Å². The van der Waals surface area contributed by atoms with E-state index in [1.165, 1.54) is 31.4 Å². The van der Waals surface area contributed by atoms with Crippen LogP contribution >= 0.6 is 0 Å². The van der Waals surface area contributed by atoms with Crippen LogP contribution in [0.25, 0.3) is 21.8 Å². The van der Waals surface area contributed by atoms with Gasteiger partial charge in [0.1, 0.15) is 5.52 Å². The van der Waals surface area contributed by atoms with E-state index in [0.717, 1.165) is 4.31 Å². The Morgan fingerprint density at radius 3 is 2.79 bits per heavy atom. The number of H-pyrrole nitrogens is 2. The molecule has 0 saturated carbocycles. The Bertz CT molecular complexity index is 1280. The van der Waals surface area contributed by atoms with Crippen molar-refractivity contribution in [2.75, 3.05) is 20.2 Å². The topological polar surface area (TPSA) is 136 Å². The Morgan fingerprint density at radius 2 is 2.10 bits per heavy atom. The molecule has 0 aliphatic rings. The fourth-order valence-corrected chi connectivity index (χ4v) is 4.21. The summed E-state index contributed by atoms with van der Waals surface area (Å²) in [5.74, 6) is -0.593. The number of ether oxygens (including phenoxy) is 1. The molecule has 0 unspecified atom stereocenters. The number of aromatic amines is 2. The van der Waals surface area contributed by atoms with Crippen molar-refractivity contribution in [3.05, 3.63) is 40.3 Å². The molecule has 29 heavy (non-hydrogen) atoms. The molecule has 2 heterocycles. The standard InChI is InChI=1S/C19H20N4O5S/c1-3-9-28-19(25)14-11-21-17-16(14)13-10-12(5-6-15(13)22-18(17)24)29(26,27)23(2)8-4-7-20/h5-6,10-11,21H,3-4,8-9H2,1-2H3,(H,22,24). The monoisotopic (exact) mass is 416 g/mol. The van der Waals surface area contributed by atoms with Crippen LogP contribution in [0.3, 0.4) is 0 Å². The van der Waals surface area contributed by atoms with Gasteiger partial charge in [-0.05, 0) is 24.6 Å². The van der Waals surface area contributed by atoms with E-state index in [1.54, 1.807) is 0 Å². The van der Waals surface area contributed by atoms with Gasteiger partial charge in [0.25, 0.3) is 5.56 Å². The Morgan fingerprint density at radius 1 is 1.34 bits per heavy atom. The number of carbonyl (C=O) groups excluding carboxylic acids is 1. The first-order valence-corrected chi connectivity index (χ1v) is 10.4. The largest absolute Gasteiger partial charge is 0.462 e. The summed E-state index contributed by atoms with van der Waals surface area (Å²) in [5, 5.41) is 9.41. The molecule has 0 amide bonds. The van der Waals surface area contributed by atoms with Crippen LogP contribution < -0.4 is 5.56 Å². The lowest BCUT2D eigenvalue weighted by molar-refractivity contribution is 0.0507. The van der Waals surface area contributed by atoms with Gasteiger partial charge >= 0.3 is 5.97 Å². The maximum absolute atomic E-state index is 12.8. The van der Waals surface area contributed by atoms with Gasteiger partial charge in [0, 0.05) is 42.5 Å². The zero-order valence-corrected chi connectivity index (χ0v) is 16.8. The maximum atomic E-state index is 12.8. The first-order valence-electron chi connectivity index (χ1n) is 8.98. The third-order valence-corrected chi connectivity index (χ3v) is 6.37. The van der Waals surface area contributed by atoms with Gasteiger partial charge in [0.05, 0.1) is 23.1 Å². The second-order valence-electron chi connectivity index (χ2n) is 6.48. The van der Waals surface area contributed by atoms with Crippen molar-refractivity contribution in [2.45, 2.75) is 24.7 Å². The predicted molar refractivity (Wildman–Crippen MR) is 107 cm³/mol. The molecule has 3 rings (SSSR count). The number of nitrogens with zero attached hydrogens (tertiary/aromatic N) is 2. The van der Waals surface area contributed by atoms with E-state index in [1.807, 2.05) is 13.0 Å². The first kappa shape index (κ1) is 20.6. The number of benzene rings is 1. The number of nitrogens with one attached hydrogen (secondary N) is 2. The third kappa shape index (κ3) is 3.74. The van der Waals surface area contributed by atoms with E-state index in [0.29, 0.717) is 22.7 Å². The van der Waals surface area contributed by atoms with Crippen LogP contribution in [0.4, 0.5) is 0 Å². The van der Waals surface area contributed by atoms with E-state index in [4.69, 9.17) is 10.00 Å². The molecule has 0 aliphatic carbocycles. The summed E-state index contributed by atoms with van der Waals surface area (Å²) in [4.78, 5) is 30.2. The summed E-state index contributed by atoms with van der Waals surface area (Å²) in [7, 11) is -2.46. The summed E-state index contributed by atoms with van der Waals surface area (Å²) in [5.41, 5.74) is 0.291. The molecule has 2 N–H and O–H groups in total. The SMILES string of the molecule is CCCOC(=O)c1c[nH]c2c(=O)[nH]c3ccc(S(=O)(=O)N(C)CCC#N)cc3c12. The fourth-order valence-electron chi connectivity index (χ4n) is 3.01. The lowest BCUT2D eigenvalue weighted by Gasteiger charge is -2.16. The van der Waals surface area contributed by atoms with Crippen molar-refractivity contribution in [2.24, 2.45) is 0 Å². The molecule has 0 atom stereocenters. The average molecular weight is 416 g/mol. The molecule has 10 heteroatoms. The lowest BCUT2D eigenvalue weighted by Crippen LogP contribution is -2.27. The molecular formula is C19H20N4O5S. The number of nitriles is 1. The number of pyridine rings is 1. The van der Waals surface area contributed by atoms with Gasteiger partial charge in [0.15, 0.2) is 0 Å². The molecule has 0 fully saturated rings. The minimum Gasteiger partial charge on any atom is -0.462 e. The van der Waals surface area contributed by atoms with Crippen LogP contribution in [0, 0.1) is 11.3 Å².